The van der Waals surface area contributed by atoms with Crippen molar-refractivity contribution < 1.29 is 9.53 Å². The molecule has 1 aromatic carbocycles. The Labute approximate surface area is 161 Å². The highest BCUT2D eigenvalue weighted by atomic mass is 79.9. The number of hydrogen-bond acceptors (Lipinski definition) is 4. The number of piperidine rings is 1. The molecule has 2 fully saturated rings. The van der Waals surface area contributed by atoms with Crippen LogP contribution in [0, 0.1) is 0 Å². The molecule has 2 unspecified atom stereocenters. The van der Waals surface area contributed by atoms with Gasteiger partial charge in [-0.3, -0.25) is 4.79 Å². The van der Waals surface area contributed by atoms with Gasteiger partial charge in [0.05, 0.1) is 30.0 Å². The molecular formula is C19H23BrN4O2. The molecule has 0 radical (unpaired) electrons. The van der Waals surface area contributed by atoms with E-state index in [1.807, 2.05) is 23.0 Å². The van der Waals surface area contributed by atoms with Crippen LogP contribution < -0.4 is 4.74 Å². The fourth-order valence-corrected chi connectivity index (χ4v) is 4.99. The van der Waals surface area contributed by atoms with Crippen LogP contribution in [0.5, 0.6) is 5.75 Å². The summed E-state index contributed by atoms with van der Waals surface area (Å²) in [6.07, 6.45) is 8.89. The Balaban J connectivity index is 1.38. The second kappa shape index (κ2) is 7.39. The maximum atomic E-state index is 12.9. The molecule has 3 heterocycles. The molecular weight excluding hydrogens is 396 g/mol. The molecule has 0 spiro atoms. The normalized spacial score (nSPS) is 24.7. The van der Waals surface area contributed by atoms with Crippen molar-refractivity contribution in [3.63, 3.8) is 0 Å². The first-order valence-electron chi connectivity index (χ1n) is 9.15. The molecule has 7 heteroatoms. The van der Waals surface area contributed by atoms with Crippen LogP contribution in [0.25, 0.3) is 0 Å². The monoisotopic (exact) mass is 418 g/mol. The lowest BCUT2D eigenvalue weighted by molar-refractivity contribution is -0.136. The van der Waals surface area contributed by atoms with Crippen LogP contribution >= 0.6 is 15.9 Å². The molecule has 0 aliphatic carbocycles. The quantitative estimate of drug-likeness (QED) is 0.746. The number of halogens is 1. The predicted octanol–water partition coefficient (Wildman–Crippen LogP) is 3.38. The van der Waals surface area contributed by atoms with Gasteiger partial charge in [-0.1, -0.05) is 6.07 Å². The van der Waals surface area contributed by atoms with Crippen molar-refractivity contribution in [1.82, 2.24) is 19.9 Å². The number of carbonyl (C=O) groups is 1. The summed E-state index contributed by atoms with van der Waals surface area (Å²) in [5, 5.41) is 8.58. The van der Waals surface area contributed by atoms with Crippen LogP contribution in [-0.4, -0.2) is 45.0 Å². The SMILES string of the molecule is COc1ccc(CCC(=O)N2C3CCC2CC(n2nccn2)C3)cc1Br. The second-order valence-corrected chi connectivity index (χ2v) is 7.98. The first-order valence-corrected chi connectivity index (χ1v) is 9.94. The zero-order valence-electron chi connectivity index (χ0n) is 14.8. The van der Waals surface area contributed by atoms with Gasteiger partial charge < -0.3 is 9.64 Å². The number of methoxy groups -OCH3 is 1. The van der Waals surface area contributed by atoms with Crippen LogP contribution in [0.15, 0.2) is 35.1 Å². The number of hydrogen-bond donors (Lipinski definition) is 0. The summed E-state index contributed by atoms with van der Waals surface area (Å²) in [7, 11) is 1.65. The van der Waals surface area contributed by atoms with E-state index in [0.717, 1.165) is 47.9 Å². The highest BCUT2D eigenvalue weighted by Gasteiger charge is 2.43. The van der Waals surface area contributed by atoms with E-state index in [9.17, 15) is 4.79 Å². The summed E-state index contributed by atoms with van der Waals surface area (Å²) in [5.41, 5.74) is 1.15. The van der Waals surface area contributed by atoms with Crippen molar-refractivity contribution in [2.24, 2.45) is 0 Å². The van der Waals surface area contributed by atoms with E-state index in [1.54, 1.807) is 19.5 Å². The first-order chi connectivity index (χ1) is 12.7. The third-order valence-corrected chi connectivity index (χ3v) is 6.22. The van der Waals surface area contributed by atoms with E-state index < -0.39 is 0 Å². The summed E-state index contributed by atoms with van der Waals surface area (Å²) >= 11 is 3.51. The first kappa shape index (κ1) is 17.5. The van der Waals surface area contributed by atoms with E-state index in [1.165, 1.54) is 0 Å². The van der Waals surface area contributed by atoms with E-state index in [2.05, 4.69) is 31.0 Å². The van der Waals surface area contributed by atoms with Gasteiger partial charge >= 0.3 is 0 Å². The third-order valence-electron chi connectivity index (χ3n) is 5.60. The van der Waals surface area contributed by atoms with Crippen LogP contribution in [0.4, 0.5) is 0 Å². The molecule has 1 aromatic heterocycles. The summed E-state index contributed by atoms with van der Waals surface area (Å²) in [5.74, 6) is 1.09. The molecule has 2 aliphatic rings. The lowest BCUT2D eigenvalue weighted by Crippen LogP contribution is -2.47. The van der Waals surface area contributed by atoms with Crippen LogP contribution in [0.2, 0.25) is 0 Å². The molecule has 138 valence electrons. The maximum Gasteiger partial charge on any atom is 0.223 e. The highest BCUT2D eigenvalue weighted by molar-refractivity contribution is 9.10. The van der Waals surface area contributed by atoms with E-state index in [-0.39, 0.29) is 5.91 Å². The largest absolute Gasteiger partial charge is 0.496 e. The van der Waals surface area contributed by atoms with Crippen molar-refractivity contribution >= 4 is 21.8 Å². The van der Waals surface area contributed by atoms with Gasteiger partial charge in [-0.2, -0.15) is 15.0 Å². The number of aryl methyl sites for hydroxylation is 1. The Morgan fingerprint density at radius 2 is 1.88 bits per heavy atom. The van der Waals surface area contributed by atoms with Crippen LogP contribution in [-0.2, 0) is 11.2 Å². The van der Waals surface area contributed by atoms with Crippen molar-refractivity contribution in [2.75, 3.05) is 7.11 Å². The van der Waals surface area contributed by atoms with Gasteiger partial charge in [0.15, 0.2) is 0 Å². The maximum absolute atomic E-state index is 12.9. The zero-order valence-corrected chi connectivity index (χ0v) is 16.4. The lowest BCUT2D eigenvalue weighted by Gasteiger charge is -2.38. The molecule has 6 nitrogen and oxygen atoms in total. The Hall–Kier alpha value is -1.89. The summed E-state index contributed by atoms with van der Waals surface area (Å²) < 4.78 is 6.19. The van der Waals surface area contributed by atoms with Gasteiger partial charge in [-0.05, 0) is 65.7 Å². The van der Waals surface area contributed by atoms with Gasteiger partial charge in [0.2, 0.25) is 5.91 Å². The molecule has 2 saturated heterocycles. The highest BCUT2D eigenvalue weighted by Crippen LogP contribution is 2.40. The fraction of sp³-hybridized carbons (Fsp3) is 0.526. The number of benzene rings is 1. The van der Waals surface area contributed by atoms with Crippen molar-refractivity contribution in [3.05, 3.63) is 40.6 Å². The van der Waals surface area contributed by atoms with Crippen molar-refractivity contribution in [2.45, 2.75) is 56.7 Å². The molecule has 2 atom stereocenters. The Morgan fingerprint density at radius 3 is 2.50 bits per heavy atom. The molecule has 0 N–H and O–H groups in total. The van der Waals surface area contributed by atoms with Gasteiger partial charge in [0, 0.05) is 18.5 Å². The lowest BCUT2D eigenvalue weighted by atomic mass is 9.97. The molecule has 2 aliphatic heterocycles. The van der Waals surface area contributed by atoms with E-state index in [0.29, 0.717) is 24.5 Å². The smallest absolute Gasteiger partial charge is 0.223 e. The number of fused-ring (bicyclic) bond motifs is 2. The number of amides is 1. The average molecular weight is 419 g/mol. The van der Waals surface area contributed by atoms with Gasteiger partial charge in [0.1, 0.15) is 5.75 Å². The number of ether oxygens (including phenoxy) is 1. The van der Waals surface area contributed by atoms with Crippen molar-refractivity contribution in [1.29, 1.82) is 0 Å². The third kappa shape index (κ3) is 3.37. The Kier molecular flexibility index (Phi) is 4.98. The molecule has 2 aromatic rings. The second-order valence-electron chi connectivity index (χ2n) is 7.13. The van der Waals surface area contributed by atoms with Crippen LogP contribution in [0.1, 0.15) is 43.7 Å². The number of rotatable bonds is 5. The van der Waals surface area contributed by atoms with Gasteiger partial charge in [-0.15, -0.1) is 0 Å². The Bertz CT molecular complexity index is 766. The van der Waals surface area contributed by atoms with Crippen LogP contribution in [0.3, 0.4) is 0 Å². The predicted molar refractivity (Wildman–Crippen MR) is 101 cm³/mol. The number of carbonyl (C=O) groups excluding carboxylic acids is 1. The molecule has 0 saturated carbocycles. The van der Waals surface area contributed by atoms with E-state index >= 15 is 0 Å². The fourth-order valence-electron chi connectivity index (χ4n) is 4.40. The standard InChI is InChI=1S/C19H23BrN4O2/c1-26-18-6-2-13(10-17(18)20)3-7-19(25)23-14-4-5-15(23)12-16(11-14)24-21-8-9-22-24/h2,6,8-10,14-16H,3-5,7,11-12H2,1H3. The average Bonchev–Trinajstić information content (AvgIpc) is 3.26. The summed E-state index contributed by atoms with van der Waals surface area (Å²) in [6, 6.07) is 7.00. The minimum Gasteiger partial charge on any atom is -0.496 e. The van der Waals surface area contributed by atoms with E-state index in [4.69, 9.17) is 4.74 Å². The van der Waals surface area contributed by atoms with Crippen molar-refractivity contribution in [3.8, 4) is 5.75 Å². The number of nitrogens with zero attached hydrogens (tertiary/aromatic N) is 4. The zero-order chi connectivity index (χ0) is 18.1. The molecule has 4 rings (SSSR count). The number of aromatic nitrogens is 3. The summed E-state index contributed by atoms with van der Waals surface area (Å²) in [6.45, 7) is 0. The minimum absolute atomic E-state index is 0.274. The topological polar surface area (TPSA) is 60.2 Å². The molecule has 2 bridgehead atoms. The molecule has 1 amide bonds. The van der Waals surface area contributed by atoms with Gasteiger partial charge in [0.25, 0.3) is 0 Å². The minimum atomic E-state index is 0.274. The molecule has 26 heavy (non-hydrogen) atoms. The Morgan fingerprint density at radius 1 is 1.19 bits per heavy atom. The van der Waals surface area contributed by atoms with Gasteiger partial charge in [-0.25, -0.2) is 0 Å². The summed E-state index contributed by atoms with van der Waals surface area (Å²) in [4.78, 5) is 16.9.